The van der Waals surface area contributed by atoms with Gasteiger partial charge in [0.1, 0.15) is 0 Å². The van der Waals surface area contributed by atoms with Crippen molar-refractivity contribution in [3.63, 3.8) is 0 Å². The zero-order chi connectivity index (χ0) is 13.8. The van der Waals surface area contributed by atoms with Crippen LogP contribution in [0.5, 0.6) is 0 Å². The van der Waals surface area contributed by atoms with E-state index >= 15 is 0 Å². The van der Waals surface area contributed by atoms with Gasteiger partial charge in [-0.3, -0.25) is 0 Å². The molecule has 0 atom stereocenters. The van der Waals surface area contributed by atoms with Gasteiger partial charge in [-0.25, -0.2) is 13.1 Å². The van der Waals surface area contributed by atoms with Crippen molar-refractivity contribution in [2.45, 2.75) is 64.3 Å². The van der Waals surface area contributed by atoms with Crippen molar-refractivity contribution in [3.05, 3.63) is 0 Å². The van der Waals surface area contributed by atoms with Gasteiger partial charge in [0.25, 0.3) is 0 Å². The molecule has 0 radical (unpaired) electrons. The van der Waals surface area contributed by atoms with Gasteiger partial charge in [-0.05, 0) is 43.9 Å². The normalized spacial score (nSPS) is 24.1. The Morgan fingerprint density at radius 2 is 1.74 bits per heavy atom. The van der Waals surface area contributed by atoms with Crippen LogP contribution >= 0.6 is 0 Å². The van der Waals surface area contributed by atoms with E-state index in [1.807, 2.05) is 6.92 Å². The lowest BCUT2D eigenvalue weighted by Crippen LogP contribution is -2.40. The van der Waals surface area contributed by atoms with Crippen molar-refractivity contribution in [1.29, 1.82) is 0 Å². The summed E-state index contributed by atoms with van der Waals surface area (Å²) in [5.41, 5.74) is 0.661. The third kappa shape index (κ3) is 4.43. The molecule has 2 fully saturated rings. The Balaban J connectivity index is 1.66. The Kier molecular flexibility index (Phi) is 5.26. The van der Waals surface area contributed by atoms with Gasteiger partial charge in [0.05, 0.1) is 5.75 Å². The van der Waals surface area contributed by atoms with Crippen LogP contribution < -0.4 is 10.0 Å². The van der Waals surface area contributed by atoms with Crippen LogP contribution in [0, 0.1) is 5.41 Å². The third-order valence-corrected chi connectivity index (χ3v) is 6.35. The molecule has 5 heteroatoms. The Hall–Kier alpha value is -0.130. The molecule has 0 bridgehead atoms. The predicted octanol–water partition coefficient (Wildman–Crippen LogP) is 2.02. The fourth-order valence-corrected chi connectivity index (χ4v) is 4.72. The Morgan fingerprint density at radius 1 is 1.11 bits per heavy atom. The molecule has 0 aromatic heterocycles. The quantitative estimate of drug-likeness (QED) is 0.786. The van der Waals surface area contributed by atoms with Crippen molar-refractivity contribution in [3.8, 4) is 0 Å². The van der Waals surface area contributed by atoms with Crippen LogP contribution in [0.1, 0.15) is 58.3 Å². The minimum absolute atomic E-state index is 0.197. The average Bonchev–Trinajstić information content (AvgIpc) is 2.80. The van der Waals surface area contributed by atoms with Crippen LogP contribution in [0.4, 0.5) is 0 Å². The van der Waals surface area contributed by atoms with Crippen molar-refractivity contribution >= 4 is 10.0 Å². The van der Waals surface area contributed by atoms with Crippen LogP contribution in [0.2, 0.25) is 0 Å². The van der Waals surface area contributed by atoms with Crippen LogP contribution in [-0.2, 0) is 10.0 Å². The maximum atomic E-state index is 11.5. The average molecular weight is 288 g/mol. The van der Waals surface area contributed by atoms with Crippen LogP contribution in [0.15, 0.2) is 0 Å². The highest BCUT2D eigenvalue weighted by molar-refractivity contribution is 7.89. The van der Waals surface area contributed by atoms with E-state index in [0.717, 1.165) is 0 Å². The van der Waals surface area contributed by atoms with Crippen LogP contribution in [0.25, 0.3) is 0 Å². The summed E-state index contributed by atoms with van der Waals surface area (Å²) in [5.74, 6) is 0.197. The first-order valence-electron chi connectivity index (χ1n) is 7.76. The molecule has 2 N–H and O–H groups in total. The van der Waals surface area contributed by atoms with E-state index in [9.17, 15) is 8.42 Å². The molecule has 0 heterocycles. The van der Waals surface area contributed by atoms with Crippen LogP contribution in [0.3, 0.4) is 0 Å². The molecule has 2 rings (SSSR count). The highest BCUT2D eigenvalue weighted by Gasteiger charge is 2.37. The molecule has 0 saturated heterocycles. The highest BCUT2D eigenvalue weighted by Crippen LogP contribution is 2.48. The molecule has 4 nitrogen and oxygen atoms in total. The largest absolute Gasteiger partial charge is 0.313 e. The lowest BCUT2D eigenvalue weighted by Gasteiger charge is -2.37. The van der Waals surface area contributed by atoms with Crippen molar-refractivity contribution in [2.75, 3.05) is 18.8 Å². The second kappa shape index (κ2) is 6.55. The second-order valence-electron chi connectivity index (χ2n) is 6.25. The number of sulfonamides is 1. The lowest BCUT2D eigenvalue weighted by atomic mass is 9.71. The molecule has 0 aromatic rings. The minimum atomic E-state index is -3.07. The molecule has 19 heavy (non-hydrogen) atoms. The topological polar surface area (TPSA) is 58.2 Å². The Morgan fingerprint density at radius 3 is 2.32 bits per heavy atom. The van der Waals surface area contributed by atoms with E-state index in [1.54, 1.807) is 0 Å². The van der Waals surface area contributed by atoms with E-state index in [-0.39, 0.29) is 5.75 Å². The molecule has 0 aliphatic heterocycles. The van der Waals surface area contributed by atoms with Crippen molar-refractivity contribution in [2.24, 2.45) is 5.41 Å². The Bertz CT molecular complexity index is 365. The molecule has 1 spiro atoms. The summed E-state index contributed by atoms with van der Waals surface area (Å²) in [7, 11) is -3.07. The minimum Gasteiger partial charge on any atom is -0.313 e. The van der Waals surface area contributed by atoms with Gasteiger partial charge < -0.3 is 5.32 Å². The van der Waals surface area contributed by atoms with E-state index in [4.69, 9.17) is 0 Å². The maximum absolute atomic E-state index is 11.5. The summed E-state index contributed by atoms with van der Waals surface area (Å²) in [4.78, 5) is 0. The maximum Gasteiger partial charge on any atom is 0.212 e. The van der Waals surface area contributed by atoms with E-state index in [2.05, 4.69) is 10.0 Å². The van der Waals surface area contributed by atoms with E-state index in [0.29, 0.717) is 24.5 Å². The summed E-state index contributed by atoms with van der Waals surface area (Å²) >= 11 is 0. The summed E-state index contributed by atoms with van der Waals surface area (Å²) in [6.45, 7) is 2.87. The summed E-state index contributed by atoms with van der Waals surface area (Å²) in [5, 5.41) is 3.42. The fraction of sp³-hybridized carbons (Fsp3) is 1.00. The summed E-state index contributed by atoms with van der Waals surface area (Å²) in [6, 6.07) is 0.531. The third-order valence-electron chi connectivity index (χ3n) is 4.88. The first-order valence-corrected chi connectivity index (χ1v) is 9.41. The monoisotopic (exact) mass is 288 g/mol. The smallest absolute Gasteiger partial charge is 0.212 e. The van der Waals surface area contributed by atoms with Crippen molar-refractivity contribution < 1.29 is 8.42 Å². The molecular formula is C14H28N2O2S. The lowest BCUT2D eigenvalue weighted by molar-refractivity contribution is 0.169. The van der Waals surface area contributed by atoms with Gasteiger partial charge in [0.2, 0.25) is 10.0 Å². The molecule has 0 unspecified atom stereocenters. The van der Waals surface area contributed by atoms with Gasteiger partial charge in [0, 0.05) is 19.1 Å². The first-order chi connectivity index (χ1) is 9.05. The zero-order valence-electron chi connectivity index (χ0n) is 12.1. The number of hydrogen-bond donors (Lipinski definition) is 2. The standard InChI is InChI=1S/C14H28N2O2S/c1-2-16-19(17,18)12-11-15-13-5-9-14(10-6-13)7-3-4-8-14/h13,15-16H,2-12H2,1H3. The molecule has 0 amide bonds. The molecule has 2 saturated carbocycles. The number of rotatable bonds is 6. The van der Waals surface area contributed by atoms with Gasteiger partial charge >= 0.3 is 0 Å². The van der Waals surface area contributed by atoms with Gasteiger partial charge in [-0.15, -0.1) is 0 Å². The second-order valence-corrected chi connectivity index (χ2v) is 8.18. The SMILES string of the molecule is CCNS(=O)(=O)CCNC1CCC2(CCCC2)CC1. The Labute approximate surface area is 117 Å². The van der Waals surface area contributed by atoms with Gasteiger partial charge in [-0.2, -0.15) is 0 Å². The van der Waals surface area contributed by atoms with Gasteiger partial charge in [-0.1, -0.05) is 19.8 Å². The molecule has 2 aliphatic rings. The zero-order valence-corrected chi connectivity index (χ0v) is 12.9. The first kappa shape index (κ1) is 15.3. The molecule has 2 aliphatic carbocycles. The van der Waals surface area contributed by atoms with Crippen molar-refractivity contribution in [1.82, 2.24) is 10.0 Å². The summed E-state index contributed by atoms with van der Waals surface area (Å²) in [6.07, 6.45) is 10.8. The fourth-order valence-electron chi connectivity index (χ4n) is 3.75. The van der Waals surface area contributed by atoms with E-state index in [1.165, 1.54) is 51.4 Å². The van der Waals surface area contributed by atoms with Crippen LogP contribution in [-0.4, -0.2) is 33.3 Å². The molecule has 0 aromatic carbocycles. The highest BCUT2D eigenvalue weighted by atomic mass is 32.2. The molecular weight excluding hydrogens is 260 g/mol. The summed E-state index contributed by atoms with van der Waals surface area (Å²) < 4.78 is 25.6. The van der Waals surface area contributed by atoms with E-state index < -0.39 is 10.0 Å². The number of hydrogen-bond acceptors (Lipinski definition) is 3. The molecule has 112 valence electrons. The predicted molar refractivity (Wildman–Crippen MR) is 78.6 cm³/mol. The number of nitrogens with one attached hydrogen (secondary N) is 2. The van der Waals surface area contributed by atoms with Gasteiger partial charge in [0.15, 0.2) is 0 Å².